The minimum Gasteiger partial charge on any atom is -0.466 e. The molecule has 0 bridgehead atoms. The highest BCUT2D eigenvalue weighted by Crippen LogP contribution is 2.42. The van der Waals surface area contributed by atoms with Crippen LogP contribution in [0.4, 0.5) is 0 Å². The Bertz CT molecular complexity index is 619. The number of hydrogen-bond donors (Lipinski definition) is 2. The molecule has 2 rings (SSSR count). The lowest BCUT2D eigenvalue weighted by atomic mass is 9.67. The van der Waals surface area contributed by atoms with E-state index in [2.05, 4.69) is 23.9 Å². The summed E-state index contributed by atoms with van der Waals surface area (Å²) in [6.07, 6.45) is 11.4. The molecule has 0 amide bonds. The summed E-state index contributed by atoms with van der Waals surface area (Å²) in [5.41, 5.74) is 1.24. The van der Waals surface area contributed by atoms with E-state index in [0.717, 1.165) is 19.3 Å². The second-order valence-corrected chi connectivity index (χ2v) is 8.41. The van der Waals surface area contributed by atoms with Crippen LogP contribution in [0.3, 0.4) is 0 Å². The van der Waals surface area contributed by atoms with Crippen LogP contribution in [0.1, 0.15) is 64.7 Å². The van der Waals surface area contributed by atoms with E-state index in [1.54, 1.807) is 0 Å². The van der Waals surface area contributed by atoms with Gasteiger partial charge in [-0.15, -0.1) is 10.1 Å². The molecule has 5 unspecified atom stereocenters. The van der Waals surface area contributed by atoms with Gasteiger partial charge in [0.15, 0.2) is 0 Å². The number of nitrogens with zero attached hydrogens (tertiary/aromatic N) is 1. The highest BCUT2D eigenvalue weighted by molar-refractivity contribution is 5.69. The summed E-state index contributed by atoms with van der Waals surface area (Å²) in [5, 5.41) is 29.4. The van der Waals surface area contributed by atoms with Crippen molar-refractivity contribution >= 4 is 5.97 Å². The van der Waals surface area contributed by atoms with Crippen LogP contribution in [0.25, 0.3) is 0 Å². The van der Waals surface area contributed by atoms with E-state index in [0.29, 0.717) is 49.9 Å². The Kier molecular flexibility index (Phi) is 10.3. The fraction of sp³-hybridized carbons (Fsp3) is 0.773. The van der Waals surface area contributed by atoms with Gasteiger partial charge >= 0.3 is 5.97 Å². The Labute approximate surface area is 178 Å². The first-order chi connectivity index (χ1) is 14.4. The van der Waals surface area contributed by atoms with Gasteiger partial charge in [-0.05, 0) is 74.7 Å². The lowest BCUT2D eigenvalue weighted by Crippen LogP contribution is -2.30. The third kappa shape index (κ3) is 8.44. The molecule has 170 valence electrons. The van der Waals surface area contributed by atoms with Crippen molar-refractivity contribution in [3.63, 3.8) is 0 Å². The molecule has 0 spiro atoms. The van der Waals surface area contributed by atoms with E-state index in [-0.39, 0.29) is 31.7 Å². The Balaban J connectivity index is 1.58. The molecule has 0 aliphatic heterocycles. The zero-order valence-electron chi connectivity index (χ0n) is 17.8. The number of carbonyl (C=O) groups excluding carboxylic acids is 1. The van der Waals surface area contributed by atoms with Gasteiger partial charge in [-0.25, -0.2) is 0 Å². The number of fused-ring (bicyclic) bond motifs is 1. The van der Waals surface area contributed by atoms with Crippen LogP contribution < -0.4 is 0 Å². The smallest absolute Gasteiger partial charge is 0.305 e. The molecular formula is C22H35NO7. The van der Waals surface area contributed by atoms with Crippen LogP contribution in [-0.2, 0) is 14.4 Å². The molecule has 0 aromatic heterocycles. The first-order valence-electron chi connectivity index (χ1n) is 11.1. The second kappa shape index (κ2) is 12.7. The molecule has 8 heteroatoms. The first-order valence-corrected chi connectivity index (χ1v) is 11.1. The van der Waals surface area contributed by atoms with Crippen LogP contribution in [0.5, 0.6) is 0 Å². The lowest BCUT2D eigenvalue weighted by molar-refractivity contribution is -0.757. The van der Waals surface area contributed by atoms with Gasteiger partial charge in [-0.1, -0.05) is 25.2 Å². The SMILES string of the molecule is CC1C=CC2=CC(O)CCC2C1CCC(O)CCCC(=O)OCCCCO[N+](=O)[O-]. The molecule has 0 radical (unpaired) electrons. The van der Waals surface area contributed by atoms with Crippen molar-refractivity contribution < 1.29 is 29.7 Å². The number of aliphatic hydroxyl groups is 2. The zero-order valence-corrected chi connectivity index (χ0v) is 17.8. The van der Waals surface area contributed by atoms with Crippen molar-refractivity contribution in [2.75, 3.05) is 13.2 Å². The summed E-state index contributed by atoms with van der Waals surface area (Å²) in [6, 6.07) is 0. The number of unbranched alkanes of at least 4 members (excludes halogenated alkanes) is 1. The number of hydrogen-bond acceptors (Lipinski definition) is 7. The summed E-state index contributed by atoms with van der Waals surface area (Å²) in [7, 11) is 0. The summed E-state index contributed by atoms with van der Waals surface area (Å²) in [5.74, 6) is 1.10. The highest BCUT2D eigenvalue weighted by atomic mass is 16.9. The molecule has 0 aromatic carbocycles. The first kappa shape index (κ1) is 24.3. The maximum Gasteiger partial charge on any atom is 0.305 e. The molecular weight excluding hydrogens is 390 g/mol. The molecule has 0 fully saturated rings. The van der Waals surface area contributed by atoms with Crippen molar-refractivity contribution in [3.05, 3.63) is 33.9 Å². The maximum atomic E-state index is 11.7. The second-order valence-electron chi connectivity index (χ2n) is 8.41. The number of esters is 1. The molecule has 2 N–H and O–H groups in total. The number of allylic oxidation sites excluding steroid dienone is 3. The Morgan fingerprint density at radius 2 is 2.03 bits per heavy atom. The summed E-state index contributed by atoms with van der Waals surface area (Å²) >= 11 is 0. The molecule has 2 aliphatic carbocycles. The number of carbonyl (C=O) groups is 1. The molecule has 8 nitrogen and oxygen atoms in total. The fourth-order valence-electron chi connectivity index (χ4n) is 4.44. The van der Waals surface area contributed by atoms with Gasteiger partial charge in [0.25, 0.3) is 5.09 Å². The van der Waals surface area contributed by atoms with Gasteiger partial charge in [0.2, 0.25) is 0 Å². The molecule has 0 aromatic rings. The summed E-state index contributed by atoms with van der Waals surface area (Å²) in [6.45, 7) is 2.45. The van der Waals surface area contributed by atoms with Crippen LogP contribution in [0, 0.1) is 27.9 Å². The molecule has 30 heavy (non-hydrogen) atoms. The number of ether oxygens (including phenoxy) is 1. The Hall–Kier alpha value is -1.93. The zero-order chi connectivity index (χ0) is 21.9. The van der Waals surface area contributed by atoms with E-state index in [1.807, 2.05) is 6.08 Å². The summed E-state index contributed by atoms with van der Waals surface area (Å²) < 4.78 is 5.09. The van der Waals surface area contributed by atoms with E-state index in [4.69, 9.17) is 4.74 Å². The van der Waals surface area contributed by atoms with Gasteiger partial charge in [-0.3, -0.25) is 4.79 Å². The van der Waals surface area contributed by atoms with Gasteiger partial charge in [0.1, 0.15) is 0 Å². The van der Waals surface area contributed by atoms with Crippen molar-refractivity contribution in [1.29, 1.82) is 0 Å². The average molecular weight is 426 g/mol. The predicted molar refractivity (Wildman–Crippen MR) is 111 cm³/mol. The minimum atomic E-state index is -0.835. The van der Waals surface area contributed by atoms with Gasteiger partial charge < -0.3 is 19.8 Å². The standard InChI is InChI=1S/C22H35NO7/c1-16-7-8-17-15-19(25)10-12-21(17)20(16)11-9-18(24)5-4-6-22(26)29-13-2-3-14-30-23(27)28/h7-8,15-16,18-21,24-25H,2-6,9-14H2,1H3. The van der Waals surface area contributed by atoms with Crippen molar-refractivity contribution in [3.8, 4) is 0 Å². The molecule has 0 heterocycles. The quantitative estimate of drug-likeness (QED) is 0.201. The van der Waals surface area contributed by atoms with Gasteiger partial charge in [0, 0.05) is 6.42 Å². The number of aliphatic hydroxyl groups excluding tert-OH is 2. The van der Waals surface area contributed by atoms with Gasteiger partial charge in [0.05, 0.1) is 25.4 Å². The van der Waals surface area contributed by atoms with E-state index >= 15 is 0 Å². The Morgan fingerprint density at radius 3 is 2.80 bits per heavy atom. The summed E-state index contributed by atoms with van der Waals surface area (Å²) in [4.78, 5) is 25.9. The van der Waals surface area contributed by atoms with E-state index < -0.39 is 11.2 Å². The van der Waals surface area contributed by atoms with Crippen LogP contribution in [0.15, 0.2) is 23.8 Å². The maximum absolute atomic E-state index is 11.7. The van der Waals surface area contributed by atoms with Crippen molar-refractivity contribution in [1.82, 2.24) is 0 Å². The van der Waals surface area contributed by atoms with Crippen LogP contribution >= 0.6 is 0 Å². The largest absolute Gasteiger partial charge is 0.466 e. The molecule has 0 saturated heterocycles. The monoisotopic (exact) mass is 425 g/mol. The van der Waals surface area contributed by atoms with E-state index in [9.17, 15) is 25.1 Å². The van der Waals surface area contributed by atoms with E-state index in [1.165, 1.54) is 5.57 Å². The predicted octanol–water partition coefficient (Wildman–Crippen LogP) is 3.35. The minimum absolute atomic E-state index is 0.00483. The molecule has 0 saturated carbocycles. The average Bonchev–Trinajstić information content (AvgIpc) is 2.69. The normalized spacial score (nSPS) is 26.4. The fourth-order valence-corrected chi connectivity index (χ4v) is 4.44. The third-order valence-corrected chi connectivity index (χ3v) is 6.12. The van der Waals surface area contributed by atoms with Crippen LogP contribution in [-0.4, -0.2) is 46.7 Å². The van der Waals surface area contributed by atoms with Crippen molar-refractivity contribution in [2.24, 2.45) is 17.8 Å². The number of rotatable bonds is 13. The lowest BCUT2D eigenvalue weighted by Gasteiger charge is -2.38. The van der Waals surface area contributed by atoms with Crippen molar-refractivity contribution in [2.45, 2.75) is 76.9 Å². The topological polar surface area (TPSA) is 119 Å². The molecule has 2 aliphatic rings. The van der Waals surface area contributed by atoms with Gasteiger partial charge in [-0.2, -0.15) is 0 Å². The highest BCUT2D eigenvalue weighted by Gasteiger charge is 2.33. The molecule has 5 atom stereocenters. The van der Waals surface area contributed by atoms with Crippen LogP contribution in [0.2, 0.25) is 0 Å². The third-order valence-electron chi connectivity index (χ3n) is 6.12. The Morgan fingerprint density at radius 1 is 1.27 bits per heavy atom.